The predicted molar refractivity (Wildman–Crippen MR) is 78.5 cm³/mol. The number of anilines is 2. The highest BCUT2D eigenvalue weighted by Gasteiger charge is 2.25. The Bertz CT molecular complexity index is 454. The van der Waals surface area contributed by atoms with Crippen LogP contribution >= 0.6 is 0 Å². The molecule has 0 aromatic carbocycles. The molecular formula is C12H22N6O2. The zero-order chi connectivity index (χ0) is 15.1. The number of nitrogens with two attached hydrogens (primary N) is 1. The van der Waals surface area contributed by atoms with Crippen LogP contribution in [-0.4, -0.2) is 27.5 Å². The third kappa shape index (κ3) is 3.77. The average Bonchev–Trinajstić information content (AvgIpc) is 2.46. The van der Waals surface area contributed by atoms with Gasteiger partial charge in [0.05, 0.1) is 4.92 Å². The molecule has 0 amide bonds. The van der Waals surface area contributed by atoms with E-state index in [4.69, 9.17) is 5.84 Å². The van der Waals surface area contributed by atoms with Gasteiger partial charge in [0, 0.05) is 12.6 Å². The van der Waals surface area contributed by atoms with E-state index in [0.29, 0.717) is 12.4 Å². The third-order valence-corrected chi connectivity index (χ3v) is 3.22. The molecule has 8 heteroatoms. The normalized spacial score (nSPS) is 12.0. The van der Waals surface area contributed by atoms with Gasteiger partial charge in [-0.1, -0.05) is 20.3 Å². The maximum Gasteiger partial charge on any atom is 0.329 e. The van der Waals surface area contributed by atoms with E-state index in [9.17, 15) is 10.1 Å². The minimum Gasteiger partial charge on any atom is -0.348 e. The second kappa shape index (κ2) is 7.59. The number of rotatable bonds is 8. The number of hydrazine groups is 1. The molecule has 112 valence electrons. The van der Waals surface area contributed by atoms with Crippen molar-refractivity contribution in [2.45, 2.75) is 46.1 Å². The number of aromatic nitrogens is 2. The molecular weight excluding hydrogens is 260 g/mol. The van der Waals surface area contributed by atoms with E-state index in [1.807, 2.05) is 18.7 Å². The summed E-state index contributed by atoms with van der Waals surface area (Å²) in [4.78, 5) is 20.6. The molecule has 0 saturated heterocycles. The topological polar surface area (TPSA) is 110 Å². The summed E-state index contributed by atoms with van der Waals surface area (Å²) in [7, 11) is 0. The van der Waals surface area contributed by atoms with Gasteiger partial charge >= 0.3 is 5.69 Å². The molecule has 3 N–H and O–H groups in total. The van der Waals surface area contributed by atoms with Gasteiger partial charge in [-0.25, -0.2) is 10.8 Å². The molecule has 0 aliphatic carbocycles. The number of nitrogens with zero attached hydrogens (tertiary/aromatic N) is 4. The second-order valence-electron chi connectivity index (χ2n) is 4.61. The number of hydrogen-bond donors (Lipinski definition) is 2. The quantitative estimate of drug-likeness (QED) is 0.426. The molecule has 20 heavy (non-hydrogen) atoms. The number of hydrogen-bond acceptors (Lipinski definition) is 7. The van der Waals surface area contributed by atoms with E-state index >= 15 is 0 Å². The Morgan fingerprint density at radius 3 is 2.75 bits per heavy atom. The number of nitrogen functional groups attached to an aromatic ring is 1. The van der Waals surface area contributed by atoms with E-state index in [2.05, 4.69) is 22.3 Å². The van der Waals surface area contributed by atoms with Crippen LogP contribution in [-0.2, 0) is 0 Å². The van der Waals surface area contributed by atoms with Crippen molar-refractivity contribution in [2.24, 2.45) is 5.84 Å². The van der Waals surface area contributed by atoms with Crippen molar-refractivity contribution in [3.8, 4) is 0 Å². The summed E-state index contributed by atoms with van der Waals surface area (Å²) in [5, 5.41) is 11.2. The lowest BCUT2D eigenvalue weighted by Gasteiger charge is -2.29. The smallest absolute Gasteiger partial charge is 0.329 e. The molecule has 8 nitrogen and oxygen atoms in total. The molecule has 0 fully saturated rings. The molecule has 1 rings (SSSR count). The number of nitro groups is 1. The average molecular weight is 282 g/mol. The number of nitrogens with one attached hydrogen (secondary N) is 1. The first-order chi connectivity index (χ1) is 9.54. The van der Waals surface area contributed by atoms with Gasteiger partial charge in [-0.15, -0.1) is 0 Å². The first-order valence-corrected chi connectivity index (χ1v) is 6.79. The van der Waals surface area contributed by atoms with Crippen LogP contribution in [0, 0.1) is 10.1 Å². The van der Waals surface area contributed by atoms with Crippen molar-refractivity contribution >= 4 is 17.5 Å². The van der Waals surface area contributed by atoms with E-state index < -0.39 is 4.92 Å². The lowest BCUT2D eigenvalue weighted by Crippen LogP contribution is -2.35. The van der Waals surface area contributed by atoms with Crippen LogP contribution in [0.5, 0.6) is 0 Å². The highest BCUT2D eigenvalue weighted by atomic mass is 16.6. The molecule has 0 aliphatic rings. The van der Waals surface area contributed by atoms with Crippen LogP contribution in [0.2, 0.25) is 0 Å². The highest BCUT2D eigenvalue weighted by molar-refractivity contribution is 5.59. The Balaban J connectivity index is 3.23. The summed E-state index contributed by atoms with van der Waals surface area (Å²) < 4.78 is 0. The Morgan fingerprint density at radius 1 is 1.55 bits per heavy atom. The van der Waals surface area contributed by atoms with E-state index in [1.54, 1.807) is 0 Å². The molecule has 1 aromatic rings. The van der Waals surface area contributed by atoms with Gasteiger partial charge in [0.15, 0.2) is 0 Å². The fraction of sp³-hybridized carbons (Fsp3) is 0.667. The van der Waals surface area contributed by atoms with Crippen LogP contribution in [0.15, 0.2) is 6.20 Å². The molecule has 0 aliphatic heterocycles. The molecule has 0 saturated carbocycles. The lowest BCUT2D eigenvalue weighted by molar-refractivity contribution is -0.384. The van der Waals surface area contributed by atoms with Crippen LogP contribution in [0.3, 0.4) is 0 Å². The summed E-state index contributed by atoms with van der Waals surface area (Å²) >= 11 is 0. The summed E-state index contributed by atoms with van der Waals surface area (Å²) in [5.41, 5.74) is 2.23. The summed E-state index contributed by atoms with van der Waals surface area (Å²) in [5.74, 6) is 5.79. The molecule has 1 aromatic heterocycles. The van der Waals surface area contributed by atoms with Gasteiger partial charge < -0.3 is 4.90 Å². The standard InChI is InChI=1S/C12H22N6O2/c1-4-6-7-17(9(3)5-2)11-10(18(19)20)8-14-12(15-11)16-13/h8-9H,4-7,13H2,1-3H3,(H,14,15,16). The minimum atomic E-state index is -0.461. The maximum absolute atomic E-state index is 11.2. The summed E-state index contributed by atoms with van der Waals surface area (Å²) in [6.07, 6.45) is 4.01. The number of unbranched alkanes of at least 4 members (excludes halogenated alkanes) is 1. The molecule has 1 unspecified atom stereocenters. The van der Waals surface area contributed by atoms with Crippen molar-refractivity contribution in [2.75, 3.05) is 16.9 Å². The van der Waals surface area contributed by atoms with Crippen LogP contribution in [0.4, 0.5) is 17.5 Å². The zero-order valence-electron chi connectivity index (χ0n) is 12.2. The van der Waals surface area contributed by atoms with Crippen LogP contribution < -0.4 is 16.2 Å². The van der Waals surface area contributed by atoms with Gasteiger partial charge in [-0.2, -0.15) is 4.98 Å². The van der Waals surface area contributed by atoms with Gasteiger partial charge in [0.2, 0.25) is 11.8 Å². The van der Waals surface area contributed by atoms with Crippen LogP contribution in [0.1, 0.15) is 40.0 Å². The van der Waals surface area contributed by atoms with E-state index in [-0.39, 0.29) is 17.7 Å². The van der Waals surface area contributed by atoms with E-state index in [1.165, 1.54) is 6.20 Å². The molecule has 1 atom stereocenters. The Hall–Kier alpha value is -1.96. The predicted octanol–water partition coefficient (Wildman–Crippen LogP) is 2.08. The second-order valence-corrected chi connectivity index (χ2v) is 4.61. The Labute approximate surface area is 118 Å². The third-order valence-electron chi connectivity index (χ3n) is 3.22. The SMILES string of the molecule is CCCCN(c1nc(NN)ncc1[N+](=O)[O-])C(C)CC. The fourth-order valence-electron chi connectivity index (χ4n) is 1.86. The fourth-order valence-corrected chi connectivity index (χ4v) is 1.86. The maximum atomic E-state index is 11.2. The Kier molecular flexibility index (Phi) is 6.10. The monoisotopic (exact) mass is 282 g/mol. The largest absolute Gasteiger partial charge is 0.348 e. The molecule has 0 bridgehead atoms. The highest BCUT2D eigenvalue weighted by Crippen LogP contribution is 2.28. The summed E-state index contributed by atoms with van der Waals surface area (Å²) in [6.45, 7) is 6.86. The van der Waals surface area contributed by atoms with Gasteiger partial charge in [0.1, 0.15) is 6.20 Å². The van der Waals surface area contributed by atoms with Crippen molar-refractivity contribution in [1.29, 1.82) is 0 Å². The van der Waals surface area contributed by atoms with Gasteiger partial charge in [-0.05, 0) is 19.8 Å². The van der Waals surface area contributed by atoms with Gasteiger partial charge in [0.25, 0.3) is 0 Å². The first kappa shape index (κ1) is 16.1. The first-order valence-electron chi connectivity index (χ1n) is 6.79. The van der Waals surface area contributed by atoms with E-state index in [0.717, 1.165) is 19.3 Å². The lowest BCUT2D eigenvalue weighted by atomic mass is 10.2. The summed E-state index contributed by atoms with van der Waals surface area (Å²) in [6, 6.07) is 0.153. The minimum absolute atomic E-state index is 0.0968. The van der Waals surface area contributed by atoms with Crippen molar-refractivity contribution < 1.29 is 4.92 Å². The van der Waals surface area contributed by atoms with Crippen molar-refractivity contribution in [1.82, 2.24) is 9.97 Å². The van der Waals surface area contributed by atoms with Gasteiger partial charge in [-0.3, -0.25) is 15.5 Å². The molecule has 0 radical (unpaired) electrons. The Morgan fingerprint density at radius 2 is 2.25 bits per heavy atom. The molecule has 1 heterocycles. The van der Waals surface area contributed by atoms with Crippen molar-refractivity contribution in [3.63, 3.8) is 0 Å². The van der Waals surface area contributed by atoms with Crippen molar-refractivity contribution in [3.05, 3.63) is 16.3 Å². The zero-order valence-corrected chi connectivity index (χ0v) is 12.2. The van der Waals surface area contributed by atoms with Crippen LogP contribution in [0.25, 0.3) is 0 Å². The molecule has 0 spiro atoms.